The molecule has 3 N–H and O–H groups in total. The SMILES string of the molecule is CCc1cccc(C)c1NCCC(=O)Nc1cccc(NC(C)=O)c1. The number of hydrogen-bond donors (Lipinski definition) is 3. The topological polar surface area (TPSA) is 70.2 Å². The summed E-state index contributed by atoms with van der Waals surface area (Å²) >= 11 is 0. The van der Waals surface area contributed by atoms with Crippen LogP contribution in [0.1, 0.15) is 31.4 Å². The van der Waals surface area contributed by atoms with Crippen LogP contribution in [0.5, 0.6) is 0 Å². The molecule has 5 nitrogen and oxygen atoms in total. The van der Waals surface area contributed by atoms with Crippen molar-refractivity contribution < 1.29 is 9.59 Å². The van der Waals surface area contributed by atoms with Crippen molar-refractivity contribution in [2.45, 2.75) is 33.6 Å². The van der Waals surface area contributed by atoms with Gasteiger partial charge in [-0.05, 0) is 42.7 Å². The van der Waals surface area contributed by atoms with Crippen molar-refractivity contribution in [2.24, 2.45) is 0 Å². The van der Waals surface area contributed by atoms with Gasteiger partial charge in [-0.15, -0.1) is 0 Å². The number of aryl methyl sites for hydroxylation is 2. The molecule has 2 aromatic rings. The molecule has 0 aliphatic heterocycles. The highest BCUT2D eigenvalue weighted by atomic mass is 16.2. The number of amides is 2. The predicted octanol–water partition coefficient (Wildman–Crippen LogP) is 3.96. The predicted molar refractivity (Wildman–Crippen MR) is 103 cm³/mol. The van der Waals surface area contributed by atoms with Gasteiger partial charge in [0.05, 0.1) is 0 Å². The van der Waals surface area contributed by atoms with Crippen LogP contribution in [-0.2, 0) is 16.0 Å². The molecule has 2 amide bonds. The molecule has 0 heterocycles. The van der Waals surface area contributed by atoms with Crippen molar-refractivity contribution in [3.63, 3.8) is 0 Å². The molecule has 0 radical (unpaired) electrons. The van der Waals surface area contributed by atoms with Crippen molar-refractivity contribution in [2.75, 3.05) is 22.5 Å². The lowest BCUT2D eigenvalue weighted by Crippen LogP contribution is -2.17. The van der Waals surface area contributed by atoms with Gasteiger partial charge in [0.25, 0.3) is 0 Å². The molecule has 0 aliphatic carbocycles. The summed E-state index contributed by atoms with van der Waals surface area (Å²) in [5.74, 6) is -0.211. The van der Waals surface area contributed by atoms with E-state index in [0.29, 0.717) is 24.3 Å². The lowest BCUT2D eigenvalue weighted by molar-refractivity contribution is -0.116. The van der Waals surface area contributed by atoms with Gasteiger partial charge in [0.2, 0.25) is 11.8 Å². The highest BCUT2D eigenvalue weighted by Crippen LogP contribution is 2.21. The van der Waals surface area contributed by atoms with E-state index in [4.69, 9.17) is 0 Å². The van der Waals surface area contributed by atoms with Gasteiger partial charge in [-0.2, -0.15) is 0 Å². The molecule has 0 aromatic heterocycles. The minimum atomic E-state index is -0.141. The Balaban J connectivity index is 1.88. The third-order valence-corrected chi connectivity index (χ3v) is 3.86. The molecule has 0 aliphatic rings. The number of para-hydroxylation sites is 1. The van der Waals surface area contributed by atoms with E-state index >= 15 is 0 Å². The highest BCUT2D eigenvalue weighted by Gasteiger charge is 2.06. The van der Waals surface area contributed by atoms with E-state index in [1.807, 2.05) is 6.07 Å². The Labute approximate surface area is 148 Å². The van der Waals surface area contributed by atoms with Crippen LogP contribution >= 0.6 is 0 Å². The zero-order valence-electron chi connectivity index (χ0n) is 15.0. The number of anilines is 3. The maximum Gasteiger partial charge on any atom is 0.226 e. The van der Waals surface area contributed by atoms with Crippen LogP contribution in [0.3, 0.4) is 0 Å². The Kier molecular flexibility index (Phi) is 6.57. The number of carbonyl (C=O) groups is 2. The molecular formula is C20H25N3O2. The summed E-state index contributed by atoms with van der Waals surface area (Å²) in [6, 6.07) is 13.3. The van der Waals surface area contributed by atoms with Gasteiger partial charge in [-0.25, -0.2) is 0 Å². The van der Waals surface area contributed by atoms with Gasteiger partial charge in [0.15, 0.2) is 0 Å². The molecule has 0 spiro atoms. The summed E-state index contributed by atoms with van der Waals surface area (Å²) in [6.45, 7) is 6.20. The third-order valence-electron chi connectivity index (χ3n) is 3.86. The van der Waals surface area contributed by atoms with E-state index < -0.39 is 0 Å². The van der Waals surface area contributed by atoms with Crippen molar-refractivity contribution in [3.05, 3.63) is 53.6 Å². The first kappa shape index (κ1) is 18.5. The lowest BCUT2D eigenvalue weighted by Gasteiger charge is -2.14. The zero-order chi connectivity index (χ0) is 18.2. The number of hydrogen-bond acceptors (Lipinski definition) is 3. The first-order valence-electron chi connectivity index (χ1n) is 8.49. The van der Waals surface area contributed by atoms with E-state index in [9.17, 15) is 9.59 Å². The Bertz CT molecular complexity index is 756. The van der Waals surface area contributed by atoms with Gasteiger partial charge in [-0.3, -0.25) is 9.59 Å². The van der Waals surface area contributed by atoms with Crippen LogP contribution in [0.4, 0.5) is 17.1 Å². The van der Waals surface area contributed by atoms with Crippen LogP contribution in [-0.4, -0.2) is 18.4 Å². The number of carbonyl (C=O) groups excluding carboxylic acids is 2. The molecule has 0 bridgehead atoms. The van der Waals surface area contributed by atoms with Gasteiger partial charge in [0.1, 0.15) is 0 Å². The summed E-state index contributed by atoms with van der Waals surface area (Å²) in [6.07, 6.45) is 1.31. The van der Waals surface area contributed by atoms with E-state index in [2.05, 4.69) is 41.9 Å². The summed E-state index contributed by atoms with van der Waals surface area (Å²) in [4.78, 5) is 23.2. The molecule has 0 fully saturated rings. The van der Waals surface area contributed by atoms with E-state index in [0.717, 1.165) is 12.1 Å². The minimum absolute atomic E-state index is 0.0703. The Hall–Kier alpha value is -2.82. The van der Waals surface area contributed by atoms with Gasteiger partial charge >= 0.3 is 0 Å². The van der Waals surface area contributed by atoms with Gasteiger partial charge in [-0.1, -0.05) is 31.2 Å². The normalized spacial score (nSPS) is 10.2. The molecule has 25 heavy (non-hydrogen) atoms. The number of nitrogens with one attached hydrogen (secondary N) is 3. The second kappa shape index (κ2) is 8.87. The first-order chi connectivity index (χ1) is 12.0. The fourth-order valence-electron chi connectivity index (χ4n) is 2.68. The summed E-state index contributed by atoms with van der Waals surface area (Å²) in [7, 11) is 0. The fraction of sp³-hybridized carbons (Fsp3) is 0.300. The molecule has 0 saturated heterocycles. The van der Waals surface area contributed by atoms with Crippen LogP contribution in [0, 0.1) is 6.92 Å². The maximum atomic E-state index is 12.1. The van der Waals surface area contributed by atoms with Crippen LogP contribution in [0.15, 0.2) is 42.5 Å². The second-order valence-corrected chi connectivity index (χ2v) is 5.95. The highest BCUT2D eigenvalue weighted by molar-refractivity contribution is 5.93. The van der Waals surface area contributed by atoms with Crippen LogP contribution in [0.25, 0.3) is 0 Å². The molecule has 132 valence electrons. The van der Waals surface area contributed by atoms with Crippen molar-refractivity contribution in [1.29, 1.82) is 0 Å². The molecule has 0 saturated carbocycles. The smallest absolute Gasteiger partial charge is 0.226 e. The van der Waals surface area contributed by atoms with Gasteiger partial charge in [0, 0.05) is 37.0 Å². The minimum Gasteiger partial charge on any atom is -0.384 e. The molecule has 0 unspecified atom stereocenters. The van der Waals surface area contributed by atoms with E-state index in [-0.39, 0.29) is 11.8 Å². The monoisotopic (exact) mass is 339 g/mol. The van der Waals surface area contributed by atoms with Crippen LogP contribution in [0.2, 0.25) is 0 Å². The zero-order valence-corrected chi connectivity index (χ0v) is 15.0. The van der Waals surface area contributed by atoms with Crippen LogP contribution < -0.4 is 16.0 Å². The Morgan fingerprint density at radius 3 is 2.36 bits per heavy atom. The maximum absolute atomic E-state index is 12.1. The average Bonchev–Trinajstić information content (AvgIpc) is 2.56. The van der Waals surface area contributed by atoms with E-state index in [1.54, 1.807) is 24.3 Å². The fourth-order valence-corrected chi connectivity index (χ4v) is 2.68. The quantitative estimate of drug-likeness (QED) is 0.715. The molecule has 0 atom stereocenters. The van der Waals surface area contributed by atoms with Crippen molar-refractivity contribution in [1.82, 2.24) is 0 Å². The molecule has 2 rings (SSSR count). The first-order valence-corrected chi connectivity index (χ1v) is 8.49. The Morgan fingerprint density at radius 1 is 1.00 bits per heavy atom. The number of benzene rings is 2. The third kappa shape index (κ3) is 5.64. The molecular weight excluding hydrogens is 314 g/mol. The Morgan fingerprint density at radius 2 is 1.68 bits per heavy atom. The second-order valence-electron chi connectivity index (χ2n) is 5.95. The standard InChI is InChI=1S/C20H25N3O2/c1-4-16-8-5-7-14(2)20(16)21-12-11-19(25)23-18-10-6-9-17(13-18)22-15(3)24/h5-10,13,21H,4,11-12H2,1-3H3,(H,22,24)(H,23,25). The summed E-state index contributed by atoms with van der Waals surface area (Å²) < 4.78 is 0. The summed E-state index contributed by atoms with van der Waals surface area (Å²) in [5, 5.41) is 8.92. The van der Waals surface area contributed by atoms with Crippen molar-refractivity contribution in [3.8, 4) is 0 Å². The summed E-state index contributed by atoms with van der Waals surface area (Å²) in [5.41, 5.74) is 4.88. The number of rotatable bonds is 7. The van der Waals surface area contributed by atoms with Crippen molar-refractivity contribution >= 4 is 28.9 Å². The van der Waals surface area contributed by atoms with E-state index in [1.165, 1.54) is 18.1 Å². The lowest BCUT2D eigenvalue weighted by atomic mass is 10.1. The molecule has 5 heteroatoms. The largest absolute Gasteiger partial charge is 0.384 e. The molecule has 2 aromatic carbocycles. The van der Waals surface area contributed by atoms with Gasteiger partial charge < -0.3 is 16.0 Å². The average molecular weight is 339 g/mol.